The predicted molar refractivity (Wildman–Crippen MR) is 104 cm³/mol. The highest BCUT2D eigenvalue weighted by atomic mass is 16.5. The van der Waals surface area contributed by atoms with Crippen LogP contribution in [0, 0.1) is 0 Å². The maximum Gasteiger partial charge on any atom is 0.121 e. The van der Waals surface area contributed by atoms with Crippen LogP contribution in [0.3, 0.4) is 0 Å². The van der Waals surface area contributed by atoms with Crippen LogP contribution >= 0.6 is 0 Å². The summed E-state index contributed by atoms with van der Waals surface area (Å²) in [5.41, 5.74) is 1.17. The zero-order valence-corrected chi connectivity index (χ0v) is 15.6. The fourth-order valence-corrected chi connectivity index (χ4v) is 3.31. The number of hydrogen-bond acceptors (Lipinski definition) is 3. The molecule has 1 aliphatic heterocycles. The Labute approximate surface area is 148 Å². The minimum absolute atomic E-state index is 0.834. The van der Waals surface area contributed by atoms with Gasteiger partial charge < -0.3 is 15.0 Å². The number of anilines is 1. The van der Waals surface area contributed by atoms with Gasteiger partial charge >= 0.3 is 0 Å². The van der Waals surface area contributed by atoms with E-state index >= 15 is 0 Å². The summed E-state index contributed by atoms with van der Waals surface area (Å²) < 4.78 is 5.89. The van der Waals surface area contributed by atoms with E-state index in [1.54, 1.807) is 0 Å². The highest BCUT2D eigenvalue weighted by molar-refractivity contribution is 5.48. The molecule has 0 atom stereocenters. The predicted octanol–water partition coefficient (Wildman–Crippen LogP) is 5.32. The van der Waals surface area contributed by atoms with Crippen molar-refractivity contribution in [1.29, 1.82) is 0 Å². The van der Waals surface area contributed by atoms with E-state index in [0.29, 0.717) is 0 Å². The van der Waals surface area contributed by atoms with E-state index in [4.69, 9.17) is 4.74 Å². The van der Waals surface area contributed by atoms with E-state index in [1.165, 1.54) is 70.1 Å². The number of nitrogens with one attached hydrogen (secondary N) is 1. The zero-order chi connectivity index (χ0) is 16.9. The van der Waals surface area contributed by atoms with Crippen molar-refractivity contribution in [1.82, 2.24) is 4.90 Å². The number of likely N-dealkylation sites (tertiary alicyclic amines) is 1. The Bertz CT molecular complexity index is 428. The Kier molecular flexibility index (Phi) is 9.70. The highest BCUT2D eigenvalue weighted by Crippen LogP contribution is 2.18. The lowest BCUT2D eigenvalue weighted by molar-refractivity contribution is 0.296. The van der Waals surface area contributed by atoms with E-state index in [-0.39, 0.29) is 0 Å². The van der Waals surface area contributed by atoms with Crippen molar-refractivity contribution in [3.8, 4) is 5.75 Å². The molecule has 0 bridgehead atoms. The summed E-state index contributed by atoms with van der Waals surface area (Å²) in [7, 11) is 0. The summed E-state index contributed by atoms with van der Waals surface area (Å²) in [5, 5.41) is 3.55. The largest absolute Gasteiger partial charge is 0.494 e. The first-order chi connectivity index (χ1) is 11.9. The van der Waals surface area contributed by atoms with Crippen molar-refractivity contribution in [3.63, 3.8) is 0 Å². The molecule has 136 valence electrons. The molecule has 0 saturated carbocycles. The molecular formula is C21H36N2O. The van der Waals surface area contributed by atoms with Crippen LogP contribution in [-0.2, 0) is 0 Å². The van der Waals surface area contributed by atoms with Crippen LogP contribution in [0.4, 0.5) is 5.69 Å². The van der Waals surface area contributed by atoms with Crippen LogP contribution in [0.5, 0.6) is 5.75 Å². The van der Waals surface area contributed by atoms with Gasteiger partial charge in [-0.3, -0.25) is 0 Å². The van der Waals surface area contributed by atoms with Gasteiger partial charge in [0.15, 0.2) is 0 Å². The lowest BCUT2D eigenvalue weighted by Crippen LogP contribution is -2.29. The standard InChI is InChI=1S/C21H36N2O/c1-2-3-4-7-10-18-24-21-13-11-12-20(19-21)22-14-17-23-15-8-5-6-9-16-23/h11-13,19,22H,2-10,14-18H2,1H3. The van der Waals surface area contributed by atoms with E-state index in [2.05, 4.69) is 41.4 Å². The lowest BCUT2D eigenvalue weighted by atomic mass is 10.2. The Morgan fingerprint density at radius 3 is 2.58 bits per heavy atom. The monoisotopic (exact) mass is 332 g/mol. The number of ether oxygens (including phenoxy) is 1. The molecule has 1 aromatic rings. The van der Waals surface area contributed by atoms with Gasteiger partial charge in [-0.15, -0.1) is 0 Å². The van der Waals surface area contributed by atoms with Crippen LogP contribution in [-0.4, -0.2) is 37.7 Å². The Morgan fingerprint density at radius 1 is 1.00 bits per heavy atom. The number of unbranched alkanes of at least 4 members (excludes halogenated alkanes) is 4. The average molecular weight is 333 g/mol. The molecule has 1 saturated heterocycles. The van der Waals surface area contributed by atoms with E-state index in [0.717, 1.165) is 31.9 Å². The van der Waals surface area contributed by atoms with Gasteiger partial charge in [-0.25, -0.2) is 0 Å². The Hall–Kier alpha value is -1.22. The maximum absolute atomic E-state index is 5.89. The lowest BCUT2D eigenvalue weighted by Gasteiger charge is -2.20. The van der Waals surface area contributed by atoms with E-state index < -0.39 is 0 Å². The van der Waals surface area contributed by atoms with Crippen LogP contribution in [0.15, 0.2) is 24.3 Å². The molecule has 0 unspecified atom stereocenters. The molecule has 1 aliphatic rings. The van der Waals surface area contributed by atoms with Gasteiger partial charge in [-0.1, -0.05) is 51.5 Å². The number of benzene rings is 1. The van der Waals surface area contributed by atoms with Gasteiger partial charge in [0.05, 0.1) is 6.61 Å². The molecule has 0 aliphatic carbocycles. The molecule has 0 aromatic heterocycles. The Morgan fingerprint density at radius 2 is 1.79 bits per heavy atom. The van der Waals surface area contributed by atoms with Gasteiger partial charge in [-0.2, -0.15) is 0 Å². The minimum atomic E-state index is 0.834. The third kappa shape index (κ3) is 8.05. The smallest absolute Gasteiger partial charge is 0.121 e. The van der Waals surface area contributed by atoms with Crippen molar-refractivity contribution >= 4 is 5.69 Å². The van der Waals surface area contributed by atoms with Gasteiger partial charge in [0.25, 0.3) is 0 Å². The molecule has 1 fully saturated rings. The average Bonchev–Trinajstić information content (AvgIpc) is 2.87. The molecule has 0 radical (unpaired) electrons. The second-order valence-electron chi connectivity index (χ2n) is 6.97. The summed E-state index contributed by atoms with van der Waals surface area (Å²) in [6, 6.07) is 8.41. The summed E-state index contributed by atoms with van der Waals surface area (Å²) in [5.74, 6) is 0.991. The number of rotatable bonds is 11. The normalized spacial score (nSPS) is 15.9. The molecule has 0 amide bonds. The summed E-state index contributed by atoms with van der Waals surface area (Å²) in [6.07, 6.45) is 11.9. The maximum atomic E-state index is 5.89. The van der Waals surface area contributed by atoms with Crippen molar-refractivity contribution < 1.29 is 4.74 Å². The molecule has 3 heteroatoms. The van der Waals surface area contributed by atoms with Gasteiger partial charge in [0.2, 0.25) is 0 Å². The van der Waals surface area contributed by atoms with E-state index in [1.807, 2.05) is 0 Å². The molecule has 24 heavy (non-hydrogen) atoms. The van der Waals surface area contributed by atoms with Crippen LogP contribution in [0.1, 0.15) is 64.7 Å². The molecule has 1 aromatic carbocycles. The summed E-state index contributed by atoms with van der Waals surface area (Å²) in [6.45, 7) is 7.78. The van der Waals surface area contributed by atoms with Crippen molar-refractivity contribution in [2.24, 2.45) is 0 Å². The fraction of sp³-hybridized carbons (Fsp3) is 0.714. The molecule has 1 heterocycles. The van der Waals surface area contributed by atoms with E-state index in [9.17, 15) is 0 Å². The summed E-state index contributed by atoms with van der Waals surface area (Å²) >= 11 is 0. The van der Waals surface area contributed by atoms with Crippen molar-refractivity contribution in [2.75, 3.05) is 38.1 Å². The second kappa shape index (κ2) is 12.2. The van der Waals surface area contributed by atoms with Crippen LogP contribution < -0.4 is 10.1 Å². The number of hydrogen-bond donors (Lipinski definition) is 1. The zero-order valence-electron chi connectivity index (χ0n) is 15.6. The van der Waals surface area contributed by atoms with Crippen molar-refractivity contribution in [2.45, 2.75) is 64.7 Å². The number of nitrogens with zero attached hydrogens (tertiary/aromatic N) is 1. The first-order valence-electron chi connectivity index (χ1n) is 10.1. The summed E-state index contributed by atoms with van der Waals surface area (Å²) in [4.78, 5) is 2.59. The van der Waals surface area contributed by atoms with Crippen molar-refractivity contribution in [3.05, 3.63) is 24.3 Å². The minimum Gasteiger partial charge on any atom is -0.494 e. The van der Waals surface area contributed by atoms with Crippen LogP contribution in [0.25, 0.3) is 0 Å². The fourth-order valence-electron chi connectivity index (χ4n) is 3.31. The third-order valence-electron chi connectivity index (χ3n) is 4.81. The van der Waals surface area contributed by atoms with Gasteiger partial charge in [0.1, 0.15) is 5.75 Å². The van der Waals surface area contributed by atoms with Gasteiger partial charge in [0, 0.05) is 24.8 Å². The van der Waals surface area contributed by atoms with Gasteiger partial charge in [-0.05, 0) is 44.5 Å². The third-order valence-corrected chi connectivity index (χ3v) is 4.81. The topological polar surface area (TPSA) is 24.5 Å². The SMILES string of the molecule is CCCCCCCOc1cccc(NCCN2CCCCCC2)c1. The molecule has 1 N–H and O–H groups in total. The Balaban J connectivity index is 1.62. The first kappa shape index (κ1) is 19.1. The quantitative estimate of drug-likeness (QED) is 0.555. The molecule has 3 nitrogen and oxygen atoms in total. The molecular weight excluding hydrogens is 296 g/mol. The second-order valence-corrected chi connectivity index (χ2v) is 6.97. The first-order valence-corrected chi connectivity index (χ1v) is 10.1. The van der Waals surface area contributed by atoms with Crippen LogP contribution in [0.2, 0.25) is 0 Å². The molecule has 0 spiro atoms. The highest BCUT2D eigenvalue weighted by Gasteiger charge is 2.08. The molecule has 2 rings (SSSR count).